The van der Waals surface area contributed by atoms with Crippen molar-refractivity contribution in [3.8, 4) is 0 Å². The molecule has 0 fully saturated rings. The van der Waals surface area contributed by atoms with Crippen molar-refractivity contribution in [2.75, 3.05) is 19.5 Å². The Bertz CT molecular complexity index is 508. The number of hydrogen-bond donors (Lipinski definition) is 0. The van der Waals surface area contributed by atoms with Gasteiger partial charge in [0.2, 0.25) is 0 Å². The molecule has 0 atom stereocenters. The van der Waals surface area contributed by atoms with Gasteiger partial charge in [-0.05, 0) is 11.6 Å². The lowest BCUT2D eigenvalue weighted by Crippen LogP contribution is -2.22. The summed E-state index contributed by atoms with van der Waals surface area (Å²) in [7, 11) is -4.42. The van der Waals surface area contributed by atoms with Crippen molar-refractivity contribution in [2.45, 2.75) is 38.8 Å². The fourth-order valence-corrected chi connectivity index (χ4v) is 2.60. The van der Waals surface area contributed by atoms with E-state index >= 15 is 0 Å². The van der Waals surface area contributed by atoms with E-state index in [0.29, 0.717) is 13.2 Å². The third-order valence-corrected chi connectivity index (χ3v) is 4.89. The van der Waals surface area contributed by atoms with Gasteiger partial charge in [-0.25, -0.2) is 4.68 Å². The molecule has 1 aromatic heterocycles. The molecular weight excluding hydrogens is 296 g/mol. The predicted molar refractivity (Wildman–Crippen MR) is 80.8 cm³/mol. The van der Waals surface area contributed by atoms with Crippen molar-refractivity contribution >= 4 is 18.2 Å². The summed E-state index contributed by atoms with van der Waals surface area (Å²) in [6.45, 7) is 8.25. The Balaban J connectivity index is 2.26. The zero-order chi connectivity index (χ0) is 15.2. The summed E-state index contributed by atoms with van der Waals surface area (Å²) in [5.41, 5.74) is 0.933. The van der Waals surface area contributed by atoms with Crippen LogP contribution in [0.2, 0.25) is 25.7 Å². The lowest BCUT2D eigenvalue weighted by atomic mass is 10.3. The van der Waals surface area contributed by atoms with Gasteiger partial charge < -0.3 is 4.74 Å². The van der Waals surface area contributed by atoms with Crippen LogP contribution in [0.25, 0.3) is 0 Å². The third kappa shape index (κ3) is 8.46. The summed E-state index contributed by atoms with van der Waals surface area (Å²) in [6.07, 6.45) is 5.11. The molecule has 1 rings (SSSR count). The highest BCUT2D eigenvalue weighted by Gasteiger charge is 2.12. The standard InChI is InChI=1S/C12H24N2O4SSi/c1-19(15,16)18-6-5-12-9-13-14(10-12)11-17-7-8-20(2,3)4/h9-10H,5-8,11H2,1-4H3. The molecule has 1 aromatic rings. The minimum absolute atomic E-state index is 0.140. The van der Waals surface area contributed by atoms with Crippen molar-refractivity contribution in [3.05, 3.63) is 18.0 Å². The fraction of sp³-hybridized carbons (Fsp3) is 0.750. The maximum Gasteiger partial charge on any atom is 0.264 e. The van der Waals surface area contributed by atoms with Gasteiger partial charge in [0.15, 0.2) is 0 Å². The molecule has 0 saturated heterocycles. The van der Waals surface area contributed by atoms with E-state index in [2.05, 4.69) is 28.9 Å². The van der Waals surface area contributed by atoms with Crippen molar-refractivity contribution in [1.29, 1.82) is 0 Å². The van der Waals surface area contributed by atoms with Gasteiger partial charge in [-0.2, -0.15) is 13.5 Å². The van der Waals surface area contributed by atoms with Gasteiger partial charge in [-0.1, -0.05) is 19.6 Å². The lowest BCUT2D eigenvalue weighted by molar-refractivity contribution is 0.0785. The number of hydrogen-bond acceptors (Lipinski definition) is 5. The zero-order valence-corrected chi connectivity index (χ0v) is 14.4. The van der Waals surface area contributed by atoms with E-state index in [1.165, 1.54) is 0 Å². The minimum atomic E-state index is -3.37. The highest BCUT2D eigenvalue weighted by molar-refractivity contribution is 7.85. The average Bonchev–Trinajstić information content (AvgIpc) is 2.69. The molecule has 0 spiro atoms. The van der Waals surface area contributed by atoms with Crippen LogP contribution in [0.1, 0.15) is 5.56 Å². The second-order valence-electron chi connectivity index (χ2n) is 6.01. The fourth-order valence-electron chi connectivity index (χ4n) is 1.45. The van der Waals surface area contributed by atoms with Gasteiger partial charge in [0.1, 0.15) is 6.73 Å². The monoisotopic (exact) mass is 320 g/mol. The van der Waals surface area contributed by atoms with Gasteiger partial charge in [-0.3, -0.25) is 4.18 Å². The molecule has 116 valence electrons. The quantitative estimate of drug-likeness (QED) is 0.393. The highest BCUT2D eigenvalue weighted by atomic mass is 32.2. The third-order valence-electron chi connectivity index (χ3n) is 2.59. The van der Waals surface area contributed by atoms with E-state index in [1.807, 2.05) is 6.20 Å². The molecule has 0 aliphatic carbocycles. The molecule has 6 nitrogen and oxygen atoms in total. The summed E-state index contributed by atoms with van der Waals surface area (Å²) in [5, 5.41) is 4.16. The largest absolute Gasteiger partial charge is 0.360 e. The van der Waals surface area contributed by atoms with E-state index in [1.54, 1.807) is 10.9 Å². The highest BCUT2D eigenvalue weighted by Crippen LogP contribution is 2.08. The Hall–Kier alpha value is -0.703. The second-order valence-corrected chi connectivity index (χ2v) is 13.3. The summed E-state index contributed by atoms with van der Waals surface area (Å²) in [6, 6.07) is 1.13. The minimum Gasteiger partial charge on any atom is -0.360 e. The zero-order valence-electron chi connectivity index (χ0n) is 12.6. The van der Waals surface area contributed by atoms with Crippen molar-refractivity contribution in [2.24, 2.45) is 0 Å². The molecule has 0 radical (unpaired) electrons. The van der Waals surface area contributed by atoms with Crippen molar-refractivity contribution in [1.82, 2.24) is 9.78 Å². The second kappa shape index (κ2) is 7.35. The maximum absolute atomic E-state index is 10.8. The van der Waals surface area contributed by atoms with E-state index < -0.39 is 18.2 Å². The van der Waals surface area contributed by atoms with E-state index in [4.69, 9.17) is 4.74 Å². The van der Waals surface area contributed by atoms with Gasteiger partial charge >= 0.3 is 0 Å². The molecule has 0 aromatic carbocycles. The molecule has 0 bridgehead atoms. The van der Waals surface area contributed by atoms with Gasteiger partial charge in [0, 0.05) is 27.3 Å². The van der Waals surface area contributed by atoms with Crippen LogP contribution in [0.15, 0.2) is 12.4 Å². The van der Waals surface area contributed by atoms with E-state index in [-0.39, 0.29) is 6.61 Å². The molecule has 0 unspecified atom stereocenters. The first kappa shape index (κ1) is 17.3. The molecular formula is C12H24N2O4SSi. The number of ether oxygens (including phenoxy) is 1. The number of nitrogens with zero attached hydrogens (tertiary/aromatic N) is 2. The summed E-state index contributed by atoms with van der Waals surface area (Å²) < 4.78 is 33.6. The topological polar surface area (TPSA) is 70.4 Å². The summed E-state index contributed by atoms with van der Waals surface area (Å²) >= 11 is 0. The molecule has 0 aliphatic heterocycles. The van der Waals surface area contributed by atoms with Crippen LogP contribution in [-0.4, -0.2) is 45.7 Å². The maximum atomic E-state index is 10.8. The van der Waals surface area contributed by atoms with Crippen LogP contribution < -0.4 is 0 Å². The van der Waals surface area contributed by atoms with Gasteiger partial charge in [0.05, 0.1) is 19.1 Å². The first-order chi connectivity index (χ1) is 9.16. The van der Waals surface area contributed by atoms with Crippen LogP contribution in [-0.2, 0) is 32.2 Å². The number of rotatable bonds is 9. The van der Waals surface area contributed by atoms with Crippen LogP contribution in [0.3, 0.4) is 0 Å². The van der Waals surface area contributed by atoms with Gasteiger partial charge in [0.25, 0.3) is 10.1 Å². The van der Waals surface area contributed by atoms with Crippen LogP contribution in [0.4, 0.5) is 0 Å². The Morgan fingerprint density at radius 2 is 2.00 bits per heavy atom. The normalized spacial score (nSPS) is 12.8. The van der Waals surface area contributed by atoms with Crippen molar-refractivity contribution in [3.63, 3.8) is 0 Å². The summed E-state index contributed by atoms with van der Waals surface area (Å²) in [4.78, 5) is 0. The molecule has 0 saturated carbocycles. The van der Waals surface area contributed by atoms with Crippen LogP contribution in [0.5, 0.6) is 0 Å². The predicted octanol–water partition coefficient (Wildman–Crippen LogP) is 1.71. The van der Waals surface area contributed by atoms with Crippen LogP contribution in [0, 0.1) is 0 Å². The molecule has 0 N–H and O–H groups in total. The molecule has 0 amide bonds. The van der Waals surface area contributed by atoms with Gasteiger partial charge in [-0.15, -0.1) is 0 Å². The van der Waals surface area contributed by atoms with E-state index in [0.717, 1.165) is 24.5 Å². The molecule has 20 heavy (non-hydrogen) atoms. The molecule has 1 heterocycles. The first-order valence-electron chi connectivity index (χ1n) is 6.59. The Kier molecular flexibility index (Phi) is 6.37. The van der Waals surface area contributed by atoms with Crippen molar-refractivity contribution < 1.29 is 17.3 Å². The Morgan fingerprint density at radius 3 is 2.60 bits per heavy atom. The molecule has 8 heteroatoms. The lowest BCUT2D eigenvalue weighted by Gasteiger charge is -2.15. The Labute approximate surface area is 122 Å². The van der Waals surface area contributed by atoms with E-state index in [9.17, 15) is 8.42 Å². The Morgan fingerprint density at radius 1 is 1.30 bits per heavy atom. The average molecular weight is 320 g/mol. The smallest absolute Gasteiger partial charge is 0.264 e. The first-order valence-corrected chi connectivity index (χ1v) is 12.1. The SMILES string of the molecule is C[Si](C)(C)CCOCn1cc(CCOS(C)(=O)=O)cn1. The van der Waals surface area contributed by atoms with Crippen LogP contribution >= 0.6 is 0 Å². The number of aromatic nitrogens is 2. The summed E-state index contributed by atoms with van der Waals surface area (Å²) in [5.74, 6) is 0. The molecule has 0 aliphatic rings.